The standard InChI is InChI=1S/C17H20N4O/c1-12(11-21-14(3)8-13(2)20-21)10-19-17(22)16-6-4-15(9-18)5-7-16/h4-8,12H,10-11H2,1-3H3,(H,19,22)/t12-/m1/s1. The van der Waals surface area contributed by atoms with E-state index in [9.17, 15) is 4.79 Å². The molecule has 1 aromatic heterocycles. The second-order valence-electron chi connectivity index (χ2n) is 5.61. The molecule has 0 saturated carbocycles. The third kappa shape index (κ3) is 3.95. The van der Waals surface area contributed by atoms with Crippen molar-refractivity contribution in [3.05, 3.63) is 52.8 Å². The van der Waals surface area contributed by atoms with Crippen molar-refractivity contribution in [3.8, 4) is 6.07 Å². The lowest BCUT2D eigenvalue weighted by Gasteiger charge is -2.14. The van der Waals surface area contributed by atoms with Crippen LogP contribution in [0.1, 0.15) is 34.2 Å². The molecule has 1 aromatic carbocycles. The van der Waals surface area contributed by atoms with Crippen molar-refractivity contribution in [2.75, 3.05) is 6.54 Å². The lowest BCUT2D eigenvalue weighted by Crippen LogP contribution is -2.30. The average Bonchev–Trinajstić information content (AvgIpc) is 2.82. The van der Waals surface area contributed by atoms with Gasteiger partial charge >= 0.3 is 0 Å². The van der Waals surface area contributed by atoms with Crippen LogP contribution in [0, 0.1) is 31.1 Å². The first-order valence-electron chi connectivity index (χ1n) is 7.29. The highest BCUT2D eigenvalue weighted by atomic mass is 16.1. The van der Waals surface area contributed by atoms with Crippen molar-refractivity contribution in [2.24, 2.45) is 5.92 Å². The van der Waals surface area contributed by atoms with Crippen molar-refractivity contribution < 1.29 is 4.79 Å². The van der Waals surface area contributed by atoms with Gasteiger partial charge in [-0.25, -0.2) is 0 Å². The van der Waals surface area contributed by atoms with Gasteiger partial charge < -0.3 is 5.32 Å². The van der Waals surface area contributed by atoms with E-state index < -0.39 is 0 Å². The summed E-state index contributed by atoms with van der Waals surface area (Å²) in [5, 5.41) is 16.1. The highest BCUT2D eigenvalue weighted by Crippen LogP contribution is 2.07. The Hall–Kier alpha value is -2.61. The molecular weight excluding hydrogens is 276 g/mol. The minimum Gasteiger partial charge on any atom is -0.352 e. The van der Waals surface area contributed by atoms with E-state index in [4.69, 9.17) is 5.26 Å². The zero-order valence-electron chi connectivity index (χ0n) is 13.1. The van der Waals surface area contributed by atoms with Crippen molar-refractivity contribution in [2.45, 2.75) is 27.3 Å². The molecule has 0 spiro atoms. The van der Waals surface area contributed by atoms with E-state index in [1.807, 2.05) is 30.7 Å². The van der Waals surface area contributed by atoms with Gasteiger partial charge in [0.15, 0.2) is 0 Å². The van der Waals surface area contributed by atoms with Crippen LogP contribution in [-0.4, -0.2) is 22.2 Å². The molecule has 0 saturated heterocycles. The molecule has 0 radical (unpaired) electrons. The van der Waals surface area contributed by atoms with Gasteiger partial charge in [0.2, 0.25) is 0 Å². The van der Waals surface area contributed by atoms with Crippen LogP contribution in [0.15, 0.2) is 30.3 Å². The van der Waals surface area contributed by atoms with Crippen LogP contribution < -0.4 is 5.32 Å². The fraction of sp³-hybridized carbons (Fsp3) is 0.353. The summed E-state index contributed by atoms with van der Waals surface area (Å²) in [5.74, 6) is 0.157. The van der Waals surface area contributed by atoms with E-state index >= 15 is 0 Å². The van der Waals surface area contributed by atoms with Crippen molar-refractivity contribution in [1.29, 1.82) is 5.26 Å². The molecule has 1 amide bonds. The van der Waals surface area contributed by atoms with Gasteiger partial charge in [-0.1, -0.05) is 6.92 Å². The molecule has 0 fully saturated rings. The highest BCUT2D eigenvalue weighted by molar-refractivity contribution is 5.94. The van der Waals surface area contributed by atoms with Crippen molar-refractivity contribution in [1.82, 2.24) is 15.1 Å². The van der Waals surface area contributed by atoms with Gasteiger partial charge in [-0.05, 0) is 50.1 Å². The molecule has 1 N–H and O–H groups in total. The predicted molar refractivity (Wildman–Crippen MR) is 84.4 cm³/mol. The maximum atomic E-state index is 12.1. The Morgan fingerprint density at radius 3 is 2.59 bits per heavy atom. The molecule has 5 heteroatoms. The highest BCUT2D eigenvalue weighted by Gasteiger charge is 2.10. The first kappa shape index (κ1) is 15.8. The summed E-state index contributed by atoms with van der Waals surface area (Å²) in [7, 11) is 0. The minimum absolute atomic E-state index is 0.121. The first-order valence-corrected chi connectivity index (χ1v) is 7.29. The Kier molecular flexibility index (Phi) is 4.95. The number of benzene rings is 1. The van der Waals surface area contributed by atoms with Crippen LogP contribution in [0.3, 0.4) is 0 Å². The number of aryl methyl sites for hydroxylation is 2. The molecule has 2 aromatic rings. The van der Waals surface area contributed by atoms with Crippen molar-refractivity contribution in [3.63, 3.8) is 0 Å². The number of hydrogen-bond acceptors (Lipinski definition) is 3. The molecule has 0 bridgehead atoms. The van der Waals surface area contributed by atoms with Gasteiger partial charge in [0, 0.05) is 24.3 Å². The number of nitriles is 1. The van der Waals surface area contributed by atoms with Crippen LogP contribution >= 0.6 is 0 Å². The summed E-state index contributed by atoms with van der Waals surface area (Å²) in [5.41, 5.74) is 3.25. The fourth-order valence-electron chi connectivity index (χ4n) is 2.28. The average molecular weight is 296 g/mol. The SMILES string of the molecule is Cc1cc(C)n(C[C@H](C)CNC(=O)c2ccc(C#N)cc2)n1. The number of amides is 1. The molecule has 1 atom stereocenters. The maximum absolute atomic E-state index is 12.1. The van der Waals surface area contributed by atoms with Gasteiger partial charge in [0.25, 0.3) is 5.91 Å². The molecule has 1 heterocycles. The number of rotatable bonds is 5. The zero-order valence-corrected chi connectivity index (χ0v) is 13.1. The number of carbonyl (C=O) groups excluding carboxylic acids is 1. The first-order chi connectivity index (χ1) is 10.5. The molecule has 2 rings (SSSR count). The summed E-state index contributed by atoms with van der Waals surface area (Å²) < 4.78 is 1.97. The Bertz CT molecular complexity index is 694. The smallest absolute Gasteiger partial charge is 0.251 e. The third-order valence-corrected chi connectivity index (χ3v) is 3.48. The molecule has 0 aliphatic rings. The quantitative estimate of drug-likeness (QED) is 0.921. The Labute approximate surface area is 130 Å². The second-order valence-corrected chi connectivity index (χ2v) is 5.61. The van der Waals surface area contributed by atoms with E-state index in [2.05, 4.69) is 17.3 Å². The Morgan fingerprint density at radius 1 is 1.36 bits per heavy atom. The normalized spacial score (nSPS) is 11.7. The van der Waals surface area contributed by atoms with Crippen LogP contribution in [0.5, 0.6) is 0 Å². The molecule has 0 unspecified atom stereocenters. The van der Waals surface area contributed by atoms with Crippen LogP contribution in [0.25, 0.3) is 0 Å². The van der Waals surface area contributed by atoms with E-state index in [0.29, 0.717) is 17.7 Å². The molecule has 114 valence electrons. The van der Waals surface area contributed by atoms with Crippen molar-refractivity contribution >= 4 is 5.91 Å². The Morgan fingerprint density at radius 2 is 2.05 bits per heavy atom. The van der Waals surface area contributed by atoms with E-state index in [1.165, 1.54) is 0 Å². The van der Waals surface area contributed by atoms with Crippen LogP contribution in [0.4, 0.5) is 0 Å². The molecular formula is C17H20N4O. The van der Waals surface area contributed by atoms with E-state index in [-0.39, 0.29) is 11.8 Å². The second kappa shape index (κ2) is 6.90. The van der Waals surface area contributed by atoms with Gasteiger partial charge in [-0.2, -0.15) is 10.4 Å². The Balaban J connectivity index is 1.87. The molecule has 0 aliphatic heterocycles. The summed E-state index contributed by atoms with van der Waals surface area (Å²) in [6.45, 7) is 7.43. The van der Waals surface area contributed by atoms with Gasteiger partial charge in [-0.3, -0.25) is 9.48 Å². The zero-order chi connectivity index (χ0) is 16.1. The monoisotopic (exact) mass is 296 g/mol. The summed E-state index contributed by atoms with van der Waals surface area (Å²) >= 11 is 0. The third-order valence-electron chi connectivity index (χ3n) is 3.48. The van der Waals surface area contributed by atoms with Gasteiger partial charge in [0.05, 0.1) is 17.3 Å². The summed E-state index contributed by atoms with van der Waals surface area (Å²) in [6, 6.07) is 10.7. The summed E-state index contributed by atoms with van der Waals surface area (Å²) in [6.07, 6.45) is 0. The number of hydrogen-bond donors (Lipinski definition) is 1. The summed E-state index contributed by atoms with van der Waals surface area (Å²) in [4.78, 5) is 12.1. The van der Waals surface area contributed by atoms with E-state index in [0.717, 1.165) is 17.9 Å². The molecule has 5 nitrogen and oxygen atoms in total. The lowest BCUT2D eigenvalue weighted by molar-refractivity contribution is 0.0946. The number of aromatic nitrogens is 2. The fourth-order valence-corrected chi connectivity index (χ4v) is 2.28. The van der Waals surface area contributed by atoms with Gasteiger partial charge in [0.1, 0.15) is 0 Å². The van der Waals surface area contributed by atoms with Crippen LogP contribution in [-0.2, 0) is 6.54 Å². The predicted octanol–water partition coefficient (Wildman–Crippen LogP) is 2.44. The molecule has 0 aliphatic carbocycles. The minimum atomic E-state index is -0.121. The number of carbonyl (C=O) groups is 1. The lowest BCUT2D eigenvalue weighted by atomic mass is 10.1. The van der Waals surface area contributed by atoms with E-state index in [1.54, 1.807) is 24.3 Å². The largest absolute Gasteiger partial charge is 0.352 e. The topological polar surface area (TPSA) is 70.7 Å². The van der Waals surface area contributed by atoms with Gasteiger partial charge in [-0.15, -0.1) is 0 Å². The number of nitrogens with zero attached hydrogens (tertiary/aromatic N) is 3. The van der Waals surface area contributed by atoms with Crippen LogP contribution in [0.2, 0.25) is 0 Å². The molecule has 22 heavy (non-hydrogen) atoms. The maximum Gasteiger partial charge on any atom is 0.251 e. The number of nitrogens with one attached hydrogen (secondary N) is 1.